The lowest BCUT2D eigenvalue weighted by Crippen LogP contribution is -1.92. The highest BCUT2D eigenvalue weighted by Crippen LogP contribution is 2.28. The van der Waals surface area contributed by atoms with Crippen molar-refractivity contribution in [2.45, 2.75) is 12.8 Å². The molecule has 112 valence electrons. The maximum atomic E-state index is 8.82. The minimum absolute atomic E-state index is 0.698. The van der Waals surface area contributed by atoms with Crippen molar-refractivity contribution in [1.29, 1.82) is 5.26 Å². The van der Waals surface area contributed by atoms with Gasteiger partial charge in [0.2, 0.25) is 0 Å². The first-order valence-corrected chi connectivity index (χ1v) is 7.97. The summed E-state index contributed by atoms with van der Waals surface area (Å²) in [6.45, 7) is 0. The van der Waals surface area contributed by atoms with Crippen LogP contribution in [0, 0.1) is 11.3 Å². The maximum absolute atomic E-state index is 8.82. The molecule has 0 bridgehead atoms. The zero-order valence-electron chi connectivity index (χ0n) is 12.7. The van der Waals surface area contributed by atoms with Crippen molar-refractivity contribution in [2.75, 3.05) is 0 Å². The van der Waals surface area contributed by atoms with Gasteiger partial charge in [-0.3, -0.25) is 0 Å². The molecule has 0 spiro atoms. The van der Waals surface area contributed by atoms with Crippen LogP contribution in [0.4, 0.5) is 0 Å². The Balaban J connectivity index is 1.72. The average molecular weight is 318 g/mol. The molecular weight excluding hydrogens is 302 g/mol. The van der Waals surface area contributed by atoms with Gasteiger partial charge < -0.3 is 0 Å². The molecule has 0 aliphatic rings. The molecule has 0 unspecified atom stereocenters. The molecule has 0 aliphatic heterocycles. The van der Waals surface area contributed by atoms with Crippen molar-refractivity contribution in [1.82, 2.24) is 0 Å². The third-order valence-electron chi connectivity index (χ3n) is 3.90. The molecule has 0 fully saturated rings. The molecule has 0 N–H and O–H groups in total. The fourth-order valence-corrected chi connectivity index (χ4v) is 2.91. The van der Waals surface area contributed by atoms with E-state index in [-0.39, 0.29) is 0 Å². The van der Waals surface area contributed by atoms with Gasteiger partial charge in [0.25, 0.3) is 0 Å². The van der Waals surface area contributed by atoms with Gasteiger partial charge in [-0.25, -0.2) is 0 Å². The fourth-order valence-electron chi connectivity index (χ4n) is 2.60. The van der Waals surface area contributed by atoms with Crippen molar-refractivity contribution in [3.63, 3.8) is 0 Å². The highest BCUT2D eigenvalue weighted by molar-refractivity contribution is 6.33. The van der Waals surface area contributed by atoms with Crippen LogP contribution in [0.1, 0.15) is 16.7 Å². The molecule has 0 aromatic heterocycles. The van der Waals surface area contributed by atoms with Gasteiger partial charge in [0, 0.05) is 10.6 Å². The first-order valence-electron chi connectivity index (χ1n) is 7.59. The van der Waals surface area contributed by atoms with Crippen LogP contribution in [-0.2, 0) is 12.8 Å². The van der Waals surface area contributed by atoms with Gasteiger partial charge in [-0.2, -0.15) is 5.26 Å². The third-order valence-corrected chi connectivity index (χ3v) is 4.22. The molecule has 0 aliphatic carbocycles. The van der Waals surface area contributed by atoms with E-state index in [1.165, 1.54) is 11.1 Å². The predicted octanol–water partition coefficient (Wildman–Crippen LogP) is 5.66. The second-order valence-electron chi connectivity index (χ2n) is 5.49. The first kappa shape index (κ1) is 15.3. The summed E-state index contributed by atoms with van der Waals surface area (Å²) in [6, 6.07) is 26.3. The lowest BCUT2D eigenvalue weighted by molar-refractivity contribution is 0.960. The number of aryl methyl sites for hydroxylation is 2. The van der Waals surface area contributed by atoms with Crippen molar-refractivity contribution in [3.8, 4) is 17.2 Å². The minimum Gasteiger partial charge on any atom is -0.192 e. The highest BCUT2D eigenvalue weighted by atomic mass is 35.5. The van der Waals surface area contributed by atoms with E-state index < -0.39 is 0 Å². The largest absolute Gasteiger partial charge is 0.192 e. The van der Waals surface area contributed by atoms with Gasteiger partial charge in [0.1, 0.15) is 0 Å². The van der Waals surface area contributed by atoms with Gasteiger partial charge in [0.15, 0.2) is 0 Å². The molecule has 0 heterocycles. The van der Waals surface area contributed by atoms with Crippen LogP contribution in [0.2, 0.25) is 5.02 Å². The topological polar surface area (TPSA) is 23.8 Å². The standard InChI is InChI=1S/C21H16ClN/c22-21-14-17(9-6-16-7-10-18(15-23)11-8-16)12-13-20(21)19-4-2-1-3-5-19/h1-5,7-8,10-14H,6,9H2. The molecule has 0 saturated carbocycles. The van der Waals surface area contributed by atoms with Crippen LogP contribution in [0.3, 0.4) is 0 Å². The van der Waals surface area contributed by atoms with Crippen LogP contribution >= 0.6 is 11.6 Å². The van der Waals surface area contributed by atoms with E-state index >= 15 is 0 Å². The molecule has 0 atom stereocenters. The first-order chi connectivity index (χ1) is 11.3. The minimum atomic E-state index is 0.698. The Bertz CT molecular complexity index is 830. The van der Waals surface area contributed by atoms with Crippen LogP contribution in [0.15, 0.2) is 72.8 Å². The van der Waals surface area contributed by atoms with Crippen molar-refractivity contribution >= 4 is 11.6 Å². The molecule has 3 aromatic rings. The lowest BCUT2D eigenvalue weighted by atomic mass is 10.00. The summed E-state index contributed by atoms with van der Waals surface area (Å²) in [7, 11) is 0. The molecule has 0 amide bonds. The van der Waals surface area contributed by atoms with Crippen molar-refractivity contribution in [3.05, 3.63) is 94.5 Å². The Morgan fingerprint density at radius 2 is 1.43 bits per heavy atom. The fraction of sp³-hybridized carbons (Fsp3) is 0.0952. The Labute approximate surface area is 141 Å². The third kappa shape index (κ3) is 3.80. The van der Waals surface area contributed by atoms with E-state index in [9.17, 15) is 0 Å². The highest BCUT2D eigenvalue weighted by Gasteiger charge is 2.05. The Hall–Kier alpha value is -2.56. The summed E-state index contributed by atoms with van der Waals surface area (Å²) < 4.78 is 0. The van der Waals surface area contributed by atoms with Gasteiger partial charge in [-0.15, -0.1) is 0 Å². The Kier molecular flexibility index (Phi) is 4.76. The van der Waals surface area contributed by atoms with Gasteiger partial charge in [-0.1, -0.05) is 66.2 Å². The predicted molar refractivity (Wildman–Crippen MR) is 95.5 cm³/mol. The second kappa shape index (κ2) is 7.13. The molecule has 0 radical (unpaired) electrons. The van der Waals surface area contributed by atoms with Crippen LogP contribution < -0.4 is 0 Å². The lowest BCUT2D eigenvalue weighted by Gasteiger charge is -2.08. The monoisotopic (exact) mass is 317 g/mol. The number of nitrogens with zero attached hydrogens (tertiary/aromatic N) is 1. The van der Waals surface area contributed by atoms with Crippen molar-refractivity contribution < 1.29 is 0 Å². The number of benzene rings is 3. The van der Waals surface area contributed by atoms with E-state index in [1.807, 2.05) is 48.5 Å². The second-order valence-corrected chi connectivity index (χ2v) is 5.90. The number of halogens is 1. The molecular formula is C21H16ClN. The molecule has 3 aromatic carbocycles. The summed E-state index contributed by atoms with van der Waals surface area (Å²) in [4.78, 5) is 0. The summed E-state index contributed by atoms with van der Waals surface area (Å²) in [6.07, 6.45) is 1.87. The van der Waals surface area contributed by atoms with E-state index in [0.29, 0.717) is 5.56 Å². The van der Waals surface area contributed by atoms with E-state index in [2.05, 4.69) is 30.3 Å². The van der Waals surface area contributed by atoms with Crippen molar-refractivity contribution in [2.24, 2.45) is 0 Å². The number of hydrogen-bond donors (Lipinski definition) is 0. The van der Waals surface area contributed by atoms with E-state index in [1.54, 1.807) is 0 Å². The smallest absolute Gasteiger partial charge is 0.0991 e. The van der Waals surface area contributed by atoms with Gasteiger partial charge >= 0.3 is 0 Å². The van der Waals surface area contributed by atoms with Crippen LogP contribution in [-0.4, -0.2) is 0 Å². The van der Waals surface area contributed by atoms with E-state index in [0.717, 1.165) is 29.0 Å². The molecule has 23 heavy (non-hydrogen) atoms. The summed E-state index contributed by atoms with van der Waals surface area (Å²) in [5.41, 5.74) is 5.35. The van der Waals surface area contributed by atoms with Crippen LogP contribution in [0.5, 0.6) is 0 Å². The quantitative estimate of drug-likeness (QED) is 0.608. The number of hydrogen-bond acceptors (Lipinski definition) is 1. The summed E-state index contributed by atoms with van der Waals surface area (Å²) in [5.74, 6) is 0. The van der Waals surface area contributed by atoms with Gasteiger partial charge in [-0.05, 0) is 47.7 Å². The molecule has 1 nitrogen and oxygen atoms in total. The Morgan fingerprint density at radius 1 is 0.783 bits per heavy atom. The molecule has 0 saturated heterocycles. The summed E-state index contributed by atoms with van der Waals surface area (Å²) in [5, 5.41) is 9.61. The Morgan fingerprint density at radius 3 is 2.09 bits per heavy atom. The maximum Gasteiger partial charge on any atom is 0.0991 e. The summed E-state index contributed by atoms with van der Waals surface area (Å²) >= 11 is 6.45. The normalized spacial score (nSPS) is 10.3. The number of nitriles is 1. The zero-order valence-corrected chi connectivity index (χ0v) is 13.4. The van der Waals surface area contributed by atoms with Gasteiger partial charge in [0.05, 0.1) is 11.6 Å². The van der Waals surface area contributed by atoms with Crippen LogP contribution in [0.25, 0.3) is 11.1 Å². The SMILES string of the molecule is N#Cc1ccc(CCc2ccc(-c3ccccc3)c(Cl)c2)cc1. The molecule has 3 rings (SSSR count). The average Bonchev–Trinajstić information content (AvgIpc) is 2.61. The van der Waals surface area contributed by atoms with E-state index in [4.69, 9.17) is 16.9 Å². The number of rotatable bonds is 4. The molecule has 2 heteroatoms. The zero-order chi connectivity index (χ0) is 16.1.